The quantitative estimate of drug-likeness (QED) is 0.677. The summed E-state index contributed by atoms with van der Waals surface area (Å²) in [5, 5.41) is 0.535. The van der Waals surface area contributed by atoms with Gasteiger partial charge in [-0.15, -0.1) is 0 Å². The molecule has 0 amide bonds. The summed E-state index contributed by atoms with van der Waals surface area (Å²) in [6.45, 7) is -0.523. The first kappa shape index (κ1) is 13.5. The second-order valence-corrected chi connectivity index (χ2v) is 5.67. The third-order valence-corrected chi connectivity index (χ3v) is 4.02. The van der Waals surface area contributed by atoms with E-state index in [4.69, 9.17) is 11.6 Å². The van der Waals surface area contributed by atoms with E-state index in [2.05, 4.69) is 25.9 Å². The Balaban J connectivity index is 2.31. The van der Waals surface area contributed by atoms with Gasteiger partial charge < -0.3 is 4.57 Å². The summed E-state index contributed by atoms with van der Waals surface area (Å²) in [7, 11) is 1.88. The minimum Gasteiger partial charge on any atom is -0.325 e. The van der Waals surface area contributed by atoms with Crippen LogP contribution in [0.5, 0.6) is 0 Å². The molecule has 0 unspecified atom stereocenters. The molecule has 0 N–H and O–H groups in total. The van der Waals surface area contributed by atoms with Crippen molar-refractivity contribution in [1.82, 2.24) is 14.5 Å². The van der Waals surface area contributed by atoms with Crippen molar-refractivity contribution in [3.63, 3.8) is 0 Å². The molecule has 20 heavy (non-hydrogen) atoms. The second kappa shape index (κ2) is 5.14. The van der Waals surface area contributed by atoms with E-state index in [1.807, 2.05) is 11.6 Å². The smallest absolute Gasteiger partial charge is 0.161 e. The summed E-state index contributed by atoms with van der Waals surface area (Å²) in [6.07, 6.45) is 1.67. The molecule has 3 aromatic rings. The minimum absolute atomic E-state index is 0.523. The van der Waals surface area contributed by atoms with Gasteiger partial charge in [-0.1, -0.05) is 11.6 Å². The first-order valence-corrected chi connectivity index (χ1v) is 7.10. The lowest BCUT2D eigenvalue weighted by molar-refractivity contribution is 0.485. The van der Waals surface area contributed by atoms with Crippen molar-refractivity contribution in [3.05, 3.63) is 45.5 Å². The number of aromatic nitrogens is 3. The molecule has 2 heterocycles. The monoisotopic (exact) mass is 353 g/mol. The molecule has 0 aliphatic rings. The summed E-state index contributed by atoms with van der Waals surface area (Å²) in [6, 6.07) is 7.03. The van der Waals surface area contributed by atoms with Crippen LogP contribution < -0.4 is 0 Å². The van der Waals surface area contributed by atoms with Crippen molar-refractivity contribution >= 4 is 38.6 Å². The van der Waals surface area contributed by atoms with Gasteiger partial charge in [0, 0.05) is 17.7 Å². The van der Waals surface area contributed by atoms with Gasteiger partial charge >= 0.3 is 0 Å². The SMILES string of the molecule is Cn1c(-c2ncccc2Cl)nc2cc(CF)cc(Br)c21. The number of hydrogen-bond acceptors (Lipinski definition) is 2. The molecule has 0 aliphatic heterocycles. The number of alkyl halides is 1. The van der Waals surface area contributed by atoms with Crippen LogP contribution in [0, 0.1) is 0 Å². The predicted octanol–water partition coefficient (Wildman–Crippen LogP) is 4.52. The van der Waals surface area contributed by atoms with E-state index in [9.17, 15) is 4.39 Å². The van der Waals surface area contributed by atoms with Crippen molar-refractivity contribution in [3.8, 4) is 11.5 Å². The van der Waals surface area contributed by atoms with Crippen LogP contribution in [-0.4, -0.2) is 14.5 Å². The summed E-state index contributed by atoms with van der Waals surface area (Å²) < 4.78 is 15.5. The van der Waals surface area contributed by atoms with Crippen molar-refractivity contribution in [2.24, 2.45) is 7.05 Å². The van der Waals surface area contributed by atoms with E-state index in [1.165, 1.54) is 0 Å². The molecule has 0 saturated carbocycles. The summed E-state index contributed by atoms with van der Waals surface area (Å²) in [5.41, 5.74) is 2.80. The fraction of sp³-hybridized carbons (Fsp3) is 0.143. The fourth-order valence-electron chi connectivity index (χ4n) is 2.19. The molecule has 0 bridgehead atoms. The van der Waals surface area contributed by atoms with E-state index in [1.54, 1.807) is 30.5 Å². The van der Waals surface area contributed by atoms with Crippen LogP contribution in [-0.2, 0) is 13.7 Å². The van der Waals surface area contributed by atoms with Crippen molar-refractivity contribution in [1.29, 1.82) is 0 Å². The van der Waals surface area contributed by atoms with Crippen molar-refractivity contribution < 1.29 is 4.39 Å². The fourth-order valence-corrected chi connectivity index (χ4v) is 3.16. The Morgan fingerprint density at radius 3 is 2.90 bits per heavy atom. The number of pyridine rings is 1. The first-order chi connectivity index (χ1) is 9.61. The highest BCUT2D eigenvalue weighted by Gasteiger charge is 2.16. The molecule has 3 rings (SSSR count). The topological polar surface area (TPSA) is 30.7 Å². The molecular weight excluding hydrogens is 345 g/mol. The van der Waals surface area contributed by atoms with Gasteiger partial charge in [0.15, 0.2) is 5.82 Å². The zero-order chi connectivity index (χ0) is 14.3. The van der Waals surface area contributed by atoms with E-state index in [-0.39, 0.29) is 0 Å². The van der Waals surface area contributed by atoms with Crippen LogP contribution in [0.25, 0.3) is 22.6 Å². The highest BCUT2D eigenvalue weighted by Crippen LogP contribution is 2.32. The van der Waals surface area contributed by atoms with Crippen LogP contribution in [0.4, 0.5) is 4.39 Å². The molecule has 3 nitrogen and oxygen atoms in total. The highest BCUT2D eigenvalue weighted by molar-refractivity contribution is 9.10. The maximum atomic E-state index is 12.8. The van der Waals surface area contributed by atoms with Crippen LogP contribution in [0.1, 0.15) is 5.56 Å². The van der Waals surface area contributed by atoms with Crippen LogP contribution in [0.3, 0.4) is 0 Å². The molecule has 0 fully saturated rings. The van der Waals surface area contributed by atoms with E-state index >= 15 is 0 Å². The zero-order valence-electron chi connectivity index (χ0n) is 10.6. The Labute approximate surface area is 128 Å². The molecule has 0 saturated heterocycles. The van der Waals surface area contributed by atoms with E-state index < -0.39 is 6.67 Å². The lowest BCUT2D eigenvalue weighted by Crippen LogP contribution is -1.95. The van der Waals surface area contributed by atoms with Gasteiger partial charge in [-0.3, -0.25) is 4.98 Å². The molecule has 0 radical (unpaired) electrons. The molecule has 0 atom stereocenters. The van der Waals surface area contributed by atoms with Crippen molar-refractivity contribution in [2.45, 2.75) is 6.67 Å². The zero-order valence-corrected chi connectivity index (χ0v) is 12.9. The van der Waals surface area contributed by atoms with Gasteiger partial charge in [0.05, 0.1) is 16.1 Å². The maximum absolute atomic E-state index is 12.8. The number of aryl methyl sites for hydroxylation is 1. The van der Waals surface area contributed by atoms with Gasteiger partial charge in [0.25, 0.3) is 0 Å². The Morgan fingerprint density at radius 1 is 1.40 bits per heavy atom. The van der Waals surface area contributed by atoms with Gasteiger partial charge in [0.1, 0.15) is 12.4 Å². The molecule has 102 valence electrons. The Kier molecular flexibility index (Phi) is 3.48. The average molecular weight is 355 g/mol. The molecular formula is C14H10BrClFN3. The summed E-state index contributed by atoms with van der Waals surface area (Å²) >= 11 is 9.63. The Bertz CT molecular complexity index is 800. The van der Waals surface area contributed by atoms with Gasteiger partial charge in [-0.05, 0) is 45.8 Å². The Hall–Kier alpha value is -1.46. The van der Waals surface area contributed by atoms with E-state index in [0.717, 1.165) is 9.99 Å². The molecule has 0 aliphatic carbocycles. The number of benzene rings is 1. The number of fused-ring (bicyclic) bond motifs is 1. The lowest BCUT2D eigenvalue weighted by Gasteiger charge is -2.04. The summed E-state index contributed by atoms with van der Waals surface area (Å²) in [4.78, 5) is 8.80. The third-order valence-electron chi connectivity index (χ3n) is 3.11. The minimum atomic E-state index is -0.523. The van der Waals surface area contributed by atoms with Crippen molar-refractivity contribution in [2.75, 3.05) is 0 Å². The number of nitrogens with zero attached hydrogens (tertiary/aromatic N) is 3. The average Bonchev–Trinajstić information content (AvgIpc) is 2.76. The second-order valence-electron chi connectivity index (χ2n) is 4.41. The third kappa shape index (κ3) is 2.11. The largest absolute Gasteiger partial charge is 0.325 e. The lowest BCUT2D eigenvalue weighted by atomic mass is 10.2. The van der Waals surface area contributed by atoms with Crippen LogP contribution in [0.2, 0.25) is 5.02 Å². The number of imidazole rings is 1. The predicted molar refractivity (Wildman–Crippen MR) is 81.5 cm³/mol. The van der Waals surface area contributed by atoms with E-state index in [0.29, 0.717) is 27.6 Å². The van der Waals surface area contributed by atoms with Gasteiger partial charge in [-0.2, -0.15) is 0 Å². The molecule has 0 spiro atoms. The Morgan fingerprint density at radius 2 is 2.20 bits per heavy atom. The molecule has 2 aromatic heterocycles. The number of hydrogen-bond donors (Lipinski definition) is 0. The van der Waals surface area contributed by atoms with Crippen LogP contribution in [0.15, 0.2) is 34.9 Å². The maximum Gasteiger partial charge on any atom is 0.161 e. The van der Waals surface area contributed by atoms with Gasteiger partial charge in [0.2, 0.25) is 0 Å². The first-order valence-electron chi connectivity index (χ1n) is 5.93. The standard InChI is InChI=1S/C14H10BrClFN3/c1-20-13-9(15)5-8(7-17)6-11(13)19-14(20)12-10(16)3-2-4-18-12/h2-6H,7H2,1H3. The van der Waals surface area contributed by atoms with Gasteiger partial charge in [-0.25, -0.2) is 9.37 Å². The molecule has 6 heteroatoms. The number of rotatable bonds is 2. The molecule has 1 aromatic carbocycles. The summed E-state index contributed by atoms with van der Waals surface area (Å²) in [5.74, 6) is 0.655. The number of halogens is 3. The van der Waals surface area contributed by atoms with Crippen LogP contribution >= 0.6 is 27.5 Å². The normalized spacial score (nSPS) is 11.2. The highest BCUT2D eigenvalue weighted by atomic mass is 79.9.